The number of alkyl halides is 3. The fourth-order valence-electron chi connectivity index (χ4n) is 2.95. The predicted molar refractivity (Wildman–Crippen MR) is 81.1 cm³/mol. The first-order valence-electron chi connectivity index (χ1n) is 7.78. The van der Waals surface area contributed by atoms with Crippen molar-refractivity contribution in [3.05, 3.63) is 18.1 Å². The number of carboxylic acid groups (broad SMARTS) is 1. The summed E-state index contributed by atoms with van der Waals surface area (Å²) in [6.45, 7) is 2.43. The van der Waals surface area contributed by atoms with Gasteiger partial charge in [0.1, 0.15) is 12.1 Å². The maximum absolute atomic E-state index is 13.0. The Morgan fingerprint density at radius 3 is 2.80 bits per heavy atom. The zero-order valence-electron chi connectivity index (χ0n) is 13.4. The standard InChI is InChI=1S/C14H17F3N6O2/c1-2-22(6-12(24)25)9-3-8(4-9)20-11-5-10(14(15,16)17)21-13-18-7-19-23(11)13/h5,7-9,20H,2-4,6H2,1H3,(H,24,25). The molecule has 25 heavy (non-hydrogen) atoms. The van der Waals surface area contributed by atoms with Gasteiger partial charge in [-0.15, -0.1) is 0 Å². The molecule has 1 aliphatic carbocycles. The molecule has 0 saturated heterocycles. The van der Waals surface area contributed by atoms with E-state index in [9.17, 15) is 18.0 Å². The van der Waals surface area contributed by atoms with Gasteiger partial charge < -0.3 is 10.4 Å². The summed E-state index contributed by atoms with van der Waals surface area (Å²) in [5.74, 6) is -0.861. The van der Waals surface area contributed by atoms with E-state index in [1.54, 1.807) is 0 Å². The number of carboxylic acids is 1. The highest BCUT2D eigenvalue weighted by Gasteiger charge is 2.36. The molecule has 1 saturated carbocycles. The SMILES string of the molecule is CCN(CC(=O)O)C1CC(Nc2cc(C(F)(F)F)nc3ncnn23)C1. The first kappa shape index (κ1) is 17.4. The van der Waals surface area contributed by atoms with Gasteiger partial charge in [-0.3, -0.25) is 9.69 Å². The molecule has 0 atom stereocenters. The summed E-state index contributed by atoms with van der Waals surface area (Å²) < 4.78 is 40.1. The summed E-state index contributed by atoms with van der Waals surface area (Å²) in [6.07, 6.45) is -2.16. The number of halogens is 3. The van der Waals surface area contributed by atoms with Crippen LogP contribution in [-0.4, -0.2) is 60.7 Å². The molecular weight excluding hydrogens is 341 g/mol. The van der Waals surface area contributed by atoms with E-state index in [2.05, 4.69) is 20.4 Å². The molecule has 0 unspecified atom stereocenters. The zero-order chi connectivity index (χ0) is 18.2. The summed E-state index contributed by atoms with van der Waals surface area (Å²) in [7, 11) is 0. The molecule has 0 aromatic carbocycles. The lowest BCUT2D eigenvalue weighted by Gasteiger charge is -2.42. The lowest BCUT2D eigenvalue weighted by Crippen LogP contribution is -2.51. The third-order valence-electron chi connectivity index (χ3n) is 4.27. The second-order valence-electron chi connectivity index (χ2n) is 5.92. The lowest BCUT2D eigenvalue weighted by atomic mass is 9.85. The number of hydrogen-bond acceptors (Lipinski definition) is 6. The molecule has 8 nitrogen and oxygen atoms in total. The van der Waals surface area contributed by atoms with Crippen LogP contribution in [0, 0.1) is 0 Å². The Hall–Kier alpha value is -2.43. The number of aromatic nitrogens is 4. The third kappa shape index (κ3) is 3.65. The Kier molecular flexibility index (Phi) is 4.50. The Morgan fingerprint density at radius 1 is 1.48 bits per heavy atom. The van der Waals surface area contributed by atoms with E-state index in [4.69, 9.17) is 5.11 Å². The second kappa shape index (κ2) is 6.47. The highest BCUT2D eigenvalue weighted by Crippen LogP contribution is 2.32. The van der Waals surface area contributed by atoms with Gasteiger partial charge in [0.15, 0.2) is 5.69 Å². The highest BCUT2D eigenvalue weighted by atomic mass is 19.4. The number of aliphatic carboxylic acids is 1. The van der Waals surface area contributed by atoms with E-state index >= 15 is 0 Å². The van der Waals surface area contributed by atoms with E-state index in [-0.39, 0.29) is 30.2 Å². The van der Waals surface area contributed by atoms with Gasteiger partial charge in [0.25, 0.3) is 5.78 Å². The van der Waals surface area contributed by atoms with Crippen molar-refractivity contribution < 1.29 is 23.1 Å². The van der Waals surface area contributed by atoms with Gasteiger partial charge >= 0.3 is 12.1 Å². The smallest absolute Gasteiger partial charge is 0.433 e. The topological polar surface area (TPSA) is 95.7 Å². The highest BCUT2D eigenvalue weighted by molar-refractivity contribution is 5.69. The molecule has 0 amide bonds. The number of nitrogens with one attached hydrogen (secondary N) is 1. The van der Waals surface area contributed by atoms with Crippen LogP contribution in [0.5, 0.6) is 0 Å². The van der Waals surface area contributed by atoms with Gasteiger partial charge in [0, 0.05) is 18.2 Å². The second-order valence-corrected chi connectivity index (χ2v) is 5.92. The van der Waals surface area contributed by atoms with Crippen LogP contribution in [0.2, 0.25) is 0 Å². The largest absolute Gasteiger partial charge is 0.480 e. The molecule has 2 aromatic heterocycles. The minimum atomic E-state index is -4.58. The van der Waals surface area contributed by atoms with Crippen molar-refractivity contribution in [3.63, 3.8) is 0 Å². The van der Waals surface area contributed by atoms with Gasteiger partial charge in [-0.05, 0) is 19.4 Å². The summed E-state index contributed by atoms with van der Waals surface area (Å²) in [5, 5.41) is 15.8. The zero-order valence-corrected chi connectivity index (χ0v) is 13.4. The quantitative estimate of drug-likeness (QED) is 0.808. The Labute approximate surface area is 140 Å². The van der Waals surface area contributed by atoms with Crippen LogP contribution >= 0.6 is 0 Å². The molecule has 1 fully saturated rings. The molecule has 1 aliphatic rings. The van der Waals surface area contributed by atoms with Crippen molar-refractivity contribution in [2.75, 3.05) is 18.4 Å². The van der Waals surface area contributed by atoms with Crippen molar-refractivity contribution in [3.8, 4) is 0 Å². The van der Waals surface area contributed by atoms with E-state index in [0.29, 0.717) is 19.4 Å². The van der Waals surface area contributed by atoms with Crippen LogP contribution in [0.4, 0.5) is 19.0 Å². The molecule has 2 heterocycles. The molecule has 2 aromatic rings. The van der Waals surface area contributed by atoms with E-state index in [1.807, 2.05) is 11.8 Å². The number of carbonyl (C=O) groups is 1. The number of hydrogen-bond donors (Lipinski definition) is 2. The average Bonchev–Trinajstić information content (AvgIpc) is 2.95. The summed E-state index contributed by atoms with van der Waals surface area (Å²) in [5.41, 5.74) is -1.03. The van der Waals surface area contributed by atoms with Gasteiger partial charge in [-0.25, -0.2) is 4.98 Å². The third-order valence-corrected chi connectivity index (χ3v) is 4.27. The van der Waals surface area contributed by atoms with E-state index < -0.39 is 17.8 Å². The van der Waals surface area contributed by atoms with Crippen LogP contribution in [0.3, 0.4) is 0 Å². The number of likely N-dealkylation sites (N-methyl/N-ethyl adjacent to an activating group) is 1. The molecule has 0 aliphatic heterocycles. The van der Waals surface area contributed by atoms with Gasteiger partial charge in [0.2, 0.25) is 0 Å². The Bertz CT molecular complexity index is 772. The summed E-state index contributed by atoms with van der Waals surface area (Å²) in [4.78, 5) is 19.9. The number of anilines is 1. The van der Waals surface area contributed by atoms with Crippen LogP contribution in [0.25, 0.3) is 5.78 Å². The minimum absolute atomic E-state index is 0.0469. The molecule has 0 bridgehead atoms. The van der Waals surface area contributed by atoms with Crippen molar-refractivity contribution >= 4 is 17.6 Å². The fraction of sp³-hybridized carbons (Fsp3) is 0.571. The van der Waals surface area contributed by atoms with Gasteiger partial charge in [-0.1, -0.05) is 6.92 Å². The van der Waals surface area contributed by atoms with Crippen LogP contribution in [0.1, 0.15) is 25.5 Å². The van der Waals surface area contributed by atoms with Crippen LogP contribution < -0.4 is 5.32 Å². The van der Waals surface area contributed by atoms with Crippen molar-refractivity contribution in [1.82, 2.24) is 24.5 Å². The molecule has 2 N–H and O–H groups in total. The molecule has 0 radical (unpaired) electrons. The predicted octanol–water partition coefficient (Wildman–Crippen LogP) is 1.49. The van der Waals surface area contributed by atoms with E-state index in [1.165, 1.54) is 4.52 Å². The summed E-state index contributed by atoms with van der Waals surface area (Å²) in [6, 6.07) is 0.932. The fourth-order valence-corrected chi connectivity index (χ4v) is 2.95. The van der Waals surface area contributed by atoms with Gasteiger partial charge in [0.05, 0.1) is 6.54 Å². The maximum atomic E-state index is 13.0. The molecule has 11 heteroatoms. The van der Waals surface area contributed by atoms with Crippen molar-refractivity contribution in [2.24, 2.45) is 0 Å². The lowest BCUT2D eigenvalue weighted by molar-refractivity contribution is -0.141. The Morgan fingerprint density at radius 2 is 2.20 bits per heavy atom. The van der Waals surface area contributed by atoms with E-state index in [0.717, 1.165) is 12.4 Å². The Balaban J connectivity index is 1.72. The van der Waals surface area contributed by atoms with Crippen molar-refractivity contribution in [1.29, 1.82) is 0 Å². The van der Waals surface area contributed by atoms with Gasteiger partial charge in [-0.2, -0.15) is 27.8 Å². The first-order chi connectivity index (χ1) is 11.8. The molecule has 3 rings (SSSR count). The minimum Gasteiger partial charge on any atom is -0.480 e. The molecule has 136 valence electrons. The first-order valence-corrected chi connectivity index (χ1v) is 7.78. The van der Waals surface area contributed by atoms with Crippen LogP contribution in [-0.2, 0) is 11.0 Å². The normalized spacial score (nSPS) is 20.7. The number of fused-ring (bicyclic) bond motifs is 1. The molecule has 0 spiro atoms. The maximum Gasteiger partial charge on any atom is 0.433 e. The van der Waals surface area contributed by atoms with Crippen LogP contribution in [0.15, 0.2) is 12.4 Å². The monoisotopic (exact) mass is 358 g/mol. The number of nitrogens with zero attached hydrogens (tertiary/aromatic N) is 5. The van der Waals surface area contributed by atoms with Crippen molar-refractivity contribution in [2.45, 2.75) is 38.0 Å². The molecular formula is C14H17F3N6O2. The average molecular weight is 358 g/mol. The number of rotatable bonds is 6. The summed E-state index contributed by atoms with van der Waals surface area (Å²) >= 11 is 0.